The van der Waals surface area contributed by atoms with E-state index in [-0.39, 0.29) is 36.9 Å². The highest BCUT2D eigenvalue weighted by atomic mass is 35.5. The molecule has 0 saturated heterocycles. The van der Waals surface area contributed by atoms with E-state index in [0.717, 1.165) is 31.2 Å². The molecule has 3 aromatic rings. The van der Waals surface area contributed by atoms with Crippen LogP contribution in [0.3, 0.4) is 0 Å². The number of nitrogens with zero attached hydrogens (tertiary/aromatic N) is 2. The van der Waals surface area contributed by atoms with Crippen LogP contribution in [0, 0.1) is 0 Å². The lowest BCUT2D eigenvalue weighted by Gasteiger charge is -2.28. The number of benzene rings is 2. The molecule has 2 heterocycles. The van der Waals surface area contributed by atoms with E-state index in [4.69, 9.17) is 37.2 Å². The van der Waals surface area contributed by atoms with Crippen molar-refractivity contribution in [1.29, 1.82) is 0 Å². The molecule has 5 rings (SSSR count). The van der Waals surface area contributed by atoms with E-state index < -0.39 is 0 Å². The van der Waals surface area contributed by atoms with E-state index in [9.17, 15) is 9.59 Å². The monoisotopic (exact) mass is 515 g/mol. The van der Waals surface area contributed by atoms with Crippen molar-refractivity contribution in [3.05, 3.63) is 75.1 Å². The lowest BCUT2D eigenvalue weighted by molar-refractivity contribution is 0.0643. The van der Waals surface area contributed by atoms with Crippen LogP contribution in [0.2, 0.25) is 10.0 Å². The molecule has 1 aliphatic carbocycles. The van der Waals surface area contributed by atoms with Crippen molar-refractivity contribution < 1.29 is 23.6 Å². The molecule has 182 valence electrons. The van der Waals surface area contributed by atoms with Crippen LogP contribution < -0.4 is 14.8 Å². The molecule has 35 heavy (non-hydrogen) atoms. The maximum atomic E-state index is 13.4. The molecule has 1 N–H and O–H groups in total. The predicted octanol–water partition coefficient (Wildman–Crippen LogP) is 5.23. The van der Waals surface area contributed by atoms with Gasteiger partial charge in [-0.1, -0.05) is 47.3 Å². The summed E-state index contributed by atoms with van der Waals surface area (Å²) >= 11 is 12.3. The van der Waals surface area contributed by atoms with E-state index in [0.29, 0.717) is 39.4 Å². The molecule has 1 aromatic heterocycles. The average Bonchev–Trinajstić information content (AvgIpc) is 3.62. The van der Waals surface area contributed by atoms with Crippen molar-refractivity contribution in [2.45, 2.75) is 44.8 Å². The van der Waals surface area contributed by atoms with Crippen LogP contribution in [-0.4, -0.2) is 34.7 Å². The van der Waals surface area contributed by atoms with Crippen molar-refractivity contribution in [3.63, 3.8) is 0 Å². The minimum Gasteiger partial charge on any atom is -0.454 e. The summed E-state index contributed by atoms with van der Waals surface area (Å²) in [6.07, 6.45) is 3.89. The minimum atomic E-state index is -0.378. The van der Waals surface area contributed by atoms with Gasteiger partial charge < -0.3 is 24.2 Å². The normalized spacial score (nSPS) is 14.8. The van der Waals surface area contributed by atoms with Gasteiger partial charge >= 0.3 is 0 Å². The summed E-state index contributed by atoms with van der Waals surface area (Å²) in [5, 5.41) is 7.50. The van der Waals surface area contributed by atoms with Crippen LogP contribution in [0.1, 0.15) is 57.9 Å². The molecule has 2 aliphatic rings. The molecule has 2 aromatic carbocycles. The Bertz CT molecular complexity index is 1260. The molecule has 0 atom stereocenters. The number of hydrogen-bond acceptors (Lipinski definition) is 6. The van der Waals surface area contributed by atoms with Crippen molar-refractivity contribution in [2.75, 3.05) is 6.79 Å². The van der Waals surface area contributed by atoms with Gasteiger partial charge in [0, 0.05) is 23.7 Å². The molecule has 0 bridgehead atoms. The number of hydrogen-bond donors (Lipinski definition) is 1. The number of halogens is 2. The third-order valence-corrected chi connectivity index (χ3v) is 6.74. The molecular weight excluding hydrogens is 493 g/mol. The highest BCUT2D eigenvalue weighted by Crippen LogP contribution is 2.32. The van der Waals surface area contributed by atoms with E-state index in [1.54, 1.807) is 35.2 Å². The van der Waals surface area contributed by atoms with Crippen LogP contribution in [-0.2, 0) is 13.1 Å². The van der Waals surface area contributed by atoms with Gasteiger partial charge in [-0.05, 0) is 48.7 Å². The van der Waals surface area contributed by atoms with Gasteiger partial charge in [0.25, 0.3) is 11.8 Å². The Morgan fingerprint density at radius 2 is 1.83 bits per heavy atom. The highest BCUT2D eigenvalue weighted by Gasteiger charge is 2.30. The first-order valence-electron chi connectivity index (χ1n) is 11.4. The smallest absolute Gasteiger partial charge is 0.273 e. The number of fused-ring (bicyclic) bond motifs is 1. The van der Waals surface area contributed by atoms with Gasteiger partial charge in [-0.2, -0.15) is 0 Å². The second-order valence-corrected chi connectivity index (χ2v) is 9.39. The van der Waals surface area contributed by atoms with Gasteiger partial charge in [-0.3, -0.25) is 9.59 Å². The Balaban J connectivity index is 1.26. The van der Waals surface area contributed by atoms with Gasteiger partial charge in [-0.15, -0.1) is 0 Å². The maximum Gasteiger partial charge on any atom is 0.273 e. The Morgan fingerprint density at radius 1 is 1.03 bits per heavy atom. The predicted molar refractivity (Wildman–Crippen MR) is 129 cm³/mol. The van der Waals surface area contributed by atoms with Crippen molar-refractivity contribution in [1.82, 2.24) is 15.4 Å². The molecule has 1 aliphatic heterocycles. The zero-order chi connectivity index (χ0) is 24.4. The molecule has 0 spiro atoms. The van der Waals surface area contributed by atoms with Gasteiger partial charge in [0.2, 0.25) is 6.79 Å². The first-order chi connectivity index (χ1) is 17.0. The fourth-order valence-corrected chi connectivity index (χ4v) is 4.88. The summed E-state index contributed by atoms with van der Waals surface area (Å²) in [6, 6.07) is 11.9. The summed E-state index contributed by atoms with van der Waals surface area (Å²) in [4.78, 5) is 27.8. The lowest BCUT2D eigenvalue weighted by atomic mass is 10.1. The molecule has 0 radical (unpaired) electrons. The summed E-state index contributed by atoms with van der Waals surface area (Å²) in [5.41, 5.74) is 1.39. The standard InChI is InChI=1S/C25H23Cl2N3O5/c26-16-6-7-19(20(27)10-16)25(32)30(17-3-1-2-4-17)13-18-11-21(29-35-18)24(31)28-12-15-5-8-22-23(9-15)34-14-33-22/h5-11,17H,1-4,12-14H2,(H,28,31). The number of carbonyl (C=O) groups excluding carboxylic acids is 2. The first-order valence-corrected chi connectivity index (χ1v) is 12.1. The van der Waals surface area contributed by atoms with E-state index in [2.05, 4.69) is 10.5 Å². The first kappa shape index (κ1) is 23.5. The third kappa shape index (κ3) is 5.23. The Kier molecular flexibility index (Phi) is 6.83. The fraction of sp³-hybridized carbons (Fsp3) is 0.320. The Labute approximate surface area is 212 Å². The molecule has 1 saturated carbocycles. The minimum absolute atomic E-state index is 0.0580. The van der Waals surface area contributed by atoms with E-state index in [1.807, 2.05) is 12.1 Å². The quantitative estimate of drug-likeness (QED) is 0.463. The molecule has 10 heteroatoms. The number of amides is 2. The molecule has 0 unspecified atom stereocenters. The van der Waals surface area contributed by atoms with E-state index in [1.165, 1.54) is 0 Å². The second kappa shape index (κ2) is 10.2. The van der Waals surface area contributed by atoms with Gasteiger partial charge in [0.15, 0.2) is 23.0 Å². The van der Waals surface area contributed by atoms with E-state index >= 15 is 0 Å². The van der Waals surface area contributed by atoms with Gasteiger partial charge in [0.05, 0.1) is 17.1 Å². The van der Waals surface area contributed by atoms with Crippen LogP contribution >= 0.6 is 23.2 Å². The Morgan fingerprint density at radius 3 is 2.63 bits per heavy atom. The maximum absolute atomic E-state index is 13.4. The number of ether oxygens (including phenoxy) is 2. The van der Waals surface area contributed by atoms with Crippen LogP contribution in [0.5, 0.6) is 11.5 Å². The van der Waals surface area contributed by atoms with Crippen LogP contribution in [0.15, 0.2) is 47.0 Å². The lowest BCUT2D eigenvalue weighted by Crippen LogP contribution is -2.38. The topological polar surface area (TPSA) is 93.9 Å². The highest BCUT2D eigenvalue weighted by molar-refractivity contribution is 6.36. The van der Waals surface area contributed by atoms with Gasteiger partial charge in [0.1, 0.15) is 0 Å². The zero-order valence-electron chi connectivity index (χ0n) is 18.8. The van der Waals surface area contributed by atoms with Gasteiger partial charge in [-0.25, -0.2) is 0 Å². The summed E-state index contributed by atoms with van der Waals surface area (Å²) in [5.74, 6) is 1.17. The Hall–Kier alpha value is -3.23. The van der Waals surface area contributed by atoms with Crippen molar-refractivity contribution in [2.24, 2.45) is 0 Å². The SMILES string of the molecule is O=C(NCc1ccc2c(c1)OCO2)c1cc(CN(C(=O)c2ccc(Cl)cc2Cl)C2CCCC2)on1. The van der Waals surface area contributed by atoms with Crippen molar-refractivity contribution >= 4 is 35.0 Å². The molecule has 8 nitrogen and oxygen atoms in total. The molecule has 1 fully saturated rings. The second-order valence-electron chi connectivity index (χ2n) is 8.54. The number of nitrogens with one attached hydrogen (secondary N) is 1. The number of carbonyl (C=O) groups is 2. The average molecular weight is 516 g/mol. The number of rotatable bonds is 7. The largest absolute Gasteiger partial charge is 0.454 e. The fourth-order valence-electron chi connectivity index (χ4n) is 4.39. The van der Waals surface area contributed by atoms with Crippen LogP contribution in [0.25, 0.3) is 0 Å². The van der Waals surface area contributed by atoms with Crippen LogP contribution in [0.4, 0.5) is 0 Å². The van der Waals surface area contributed by atoms with Crippen molar-refractivity contribution in [3.8, 4) is 11.5 Å². The molecule has 2 amide bonds. The summed E-state index contributed by atoms with van der Waals surface area (Å²) in [7, 11) is 0. The third-order valence-electron chi connectivity index (χ3n) is 6.20. The zero-order valence-corrected chi connectivity index (χ0v) is 20.3. The molecular formula is C25H23Cl2N3O5. The number of aromatic nitrogens is 1. The summed E-state index contributed by atoms with van der Waals surface area (Å²) in [6.45, 7) is 0.668. The summed E-state index contributed by atoms with van der Waals surface area (Å²) < 4.78 is 16.1.